The lowest BCUT2D eigenvalue weighted by molar-refractivity contribution is -0.172. The summed E-state index contributed by atoms with van der Waals surface area (Å²) in [5.74, 6) is -3.31. The van der Waals surface area contributed by atoms with Crippen molar-refractivity contribution < 1.29 is 99.8 Å². The highest BCUT2D eigenvalue weighted by Crippen LogP contribution is 2.46. The van der Waals surface area contributed by atoms with Crippen molar-refractivity contribution in [1.82, 2.24) is 30.8 Å². The molecule has 2 aliphatic heterocycles. The lowest BCUT2D eigenvalue weighted by atomic mass is 9.81. The molecule has 0 unspecified atom stereocenters. The van der Waals surface area contributed by atoms with Gasteiger partial charge >= 0.3 is 18.1 Å². The van der Waals surface area contributed by atoms with Gasteiger partial charge in [0.2, 0.25) is 17.7 Å². The number of aromatic nitrogens is 2. The topological polar surface area (TPSA) is 364 Å². The molecule has 0 saturated carbocycles. The monoisotopic (exact) mass is 1390 g/mol. The number of urea groups is 1. The summed E-state index contributed by atoms with van der Waals surface area (Å²) in [5, 5.41) is 25.9. The van der Waals surface area contributed by atoms with Crippen molar-refractivity contribution >= 4 is 52.4 Å². The Balaban J connectivity index is 0.749. The average molecular weight is 1400 g/mol. The second-order valence-electron chi connectivity index (χ2n) is 24.1. The molecule has 30 heteroatoms. The Bertz CT molecular complexity index is 3320. The molecule has 99 heavy (non-hydrogen) atoms. The number of nitrogens with two attached hydrogens (primary N) is 1. The summed E-state index contributed by atoms with van der Waals surface area (Å²) in [6.45, 7) is 18.2. The molecule has 4 heterocycles. The maximum absolute atomic E-state index is 15.5. The zero-order chi connectivity index (χ0) is 70.9. The van der Waals surface area contributed by atoms with Crippen LogP contribution in [0.25, 0.3) is 22.3 Å². The number of aliphatic hydroxyl groups is 1. The normalized spacial score (nSPS) is 15.8. The largest absolute Gasteiger partial charge is 0.458 e. The molecule has 548 valence electrons. The minimum atomic E-state index is -2.05. The molecule has 4 atom stereocenters. The average Bonchev–Trinajstić information content (AvgIpc) is 1.60. The zero-order valence-corrected chi connectivity index (χ0v) is 57.6. The fraction of sp³-hybridized carbons (Fsp3) is 0.623. The van der Waals surface area contributed by atoms with Crippen LogP contribution in [0, 0.1) is 18.7 Å². The summed E-state index contributed by atoms with van der Waals surface area (Å²) >= 11 is 0. The first-order valence-corrected chi connectivity index (χ1v) is 34.1. The van der Waals surface area contributed by atoms with Crippen molar-refractivity contribution in [3.05, 3.63) is 91.5 Å². The van der Waals surface area contributed by atoms with E-state index in [2.05, 4.69) is 33.5 Å². The maximum atomic E-state index is 15.5. The number of alkyl carbamates (subject to hydrolysis) is 1. The van der Waals surface area contributed by atoms with Crippen molar-refractivity contribution in [3.63, 3.8) is 0 Å². The first-order chi connectivity index (χ1) is 47.9. The van der Waals surface area contributed by atoms with Crippen molar-refractivity contribution in [2.75, 3.05) is 157 Å². The van der Waals surface area contributed by atoms with Crippen molar-refractivity contribution in [2.24, 2.45) is 11.7 Å². The molecule has 2 aromatic carbocycles. The Morgan fingerprint density at radius 2 is 1.25 bits per heavy atom. The number of carbonyl (C=O) groups excluding carboxylic acids is 6. The zero-order valence-electron chi connectivity index (χ0n) is 57.6. The van der Waals surface area contributed by atoms with Gasteiger partial charge < -0.3 is 104 Å². The minimum absolute atomic E-state index is 0.0439. The van der Waals surface area contributed by atoms with Crippen LogP contribution in [-0.4, -0.2) is 214 Å². The molecule has 0 spiro atoms. The number of pyridine rings is 2. The van der Waals surface area contributed by atoms with Gasteiger partial charge in [-0.2, -0.15) is 0 Å². The Kier molecular flexibility index (Phi) is 33.6. The quantitative estimate of drug-likeness (QED) is 0.0209. The van der Waals surface area contributed by atoms with Crippen LogP contribution in [0.2, 0.25) is 0 Å². The second kappa shape index (κ2) is 42.1. The van der Waals surface area contributed by atoms with Gasteiger partial charge in [-0.15, -0.1) is 0 Å². The standard InChI is InChI=1S/C69H99FN8O21/c1-6-18-87-20-22-89-24-26-91-28-30-93-32-34-95-36-38-97-39-37-96-35-33-94-31-29-92-27-25-90-23-21-88-19-16-58(79)77-61(45(3)4)64(81)75-55(9-8-17-72-67(71)84)63(80)73-48-12-10-47(11-13-48)43-99-68(85)76-54-15-14-49-46(5)53(70)41-56-59(49)60(54)50-42-78-57(62(50)74-56)40-52-51(65(78)82)44-98-66(83)69(52,86)7-2/h10-13,40-41,45,54-55,61,86H,6-9,14-39,42-44H2,1-5H3,(H,73,80)(H,75,81)(H,76,85)(H,77,79)(H3,71,72,84)/t54-,55-,61-,69-/m0/s1. The molecule has 0 saturated heterocycles. The lowest BCUT2D eigenvalue weighted by Gasteiger charge is -2.31. The number of aryl methyl sites for hydroxylation is 1. The van der Waals surface area contributed by atoms with Crippen LogP contribution < -0.4 is 37.9 Å². The van der Waals surface area contributed by atoms with Crippen LogP contribution in [0.1, 0.15) is 111 Å². The Hall–Kier alpha value is -7.33. The molecule has 0 radical (unpaired) electrons. The van der Waals surface area contributed by atoms with E-state index in [1.54, 1.807) is 58.0 Å². The van der Waals surface area contributed by atoms with E-state index in [9.17, 15) is 38.7 Å². The summed E-state index contributed by atoms with van der Waals surface area (Å²) in [7, 11) is 0. The van der Waals surface area contributed by atoms with E-state index in [1.165, 1.54) is 10.6 Å². The molecule has 8 N–H and O–H groups in total. The SMILES string of the molecule is CCCOCCOCCOCCOCCOCCOCCOCCOCCOCCOCCOCCC(=O)N[C@H](C(=O)N[C@@H](CCCNC(N)=O)C(=O)Nc1ccc(COC(=O)N[C@H]2CCc3c(C)c(F)cc4nc5c(c2c34)Cn2c-5cc3c(c2=O)COC(=O)[C@]3(O)CC)cc1)C(C)C. The van der Waals surface area contributed by atoms with E-state index in [0.29, 0.717) is 182 Å². The van der Waals surface area contributed by atoms with Gasteiger partial charge in [-0.1, -0.05) is 39.8 Å². The van der Waals surface area contributed by atoms with E-state index in [1.807, 2.05) is 0 Å². The number of anilines is 1. The van der Waals surface area contributed by atoms with E-state index in [-0.39, 0.29) is 88.9 Å². The summed E-state index contributed by atoms with van der Waals surface area (Å²) < 4.78 is 88.5. The Labute approximate surface area is 575 Å². The Morgan fingerprint density at radius 3 is 1.77 bits per heavy atom. The molecular formula is C69H99FN8O21. The lowest BCUT2D eigenvalue weighted by Crippen LogP contribution is -2.54. The predicted molar refractivity (Wildman–Crippen MR) is 358 cm³/mol. The number of fused-ring (bicyclic) bond motifs is 5. The number of nitrogens with one attached hydrogen (secondary N) is 5. The molecule has 0 fully saturated rings. The maximum Gasteiger partial charge on any atom is 0.407 e. The number of nitrogens with zero attached hydrogens (tertiary/aromatic N) is 2. The van der Waals surface area contributed by atoms with Crippen molar-refractivity contribution in [1.29, 1.82) is 0 Å². The summed E-state index contributed by atoms with van der Waals surface area (Å²) in [6, 6.07) is 5.89. The molecule has 0 bridgehead atoms. The highest BCUT2D eigenvalue weighted by Gasteiger charge is 2.46. The fourth-order valence-corrected chi connectivity index (χ4v) is 11.4. The molecule has 1 aliphatic carbocycles. The molecule has 2 aromatic heterocycles. The van der Waals surface area contributed by atoms with Gasteiger partial charge in [-0.25, -0.2) is 23.8 Å². The number of halogens is 1. The van der Waals surface area contributed by atoms with Gasteiger partial charge in [0.1, 0.15) is 31.1 Å². The highest BCUT2D eigenvalue weighted by molar-refractivity contribution is 5.99. The minimum Gasteiger partial charge on any atom is -0.458 e. The van der Waals surface area contributed by atoms with E-state index in [0.717, 1.165) is 18.6 Å². The number of rotatable bonds is 49. The fourth-order valence-electron chi connectivity index (χ4n) is 11.4. The first kappa shape index (κ1) is 79.0. The van der Waals surface area contributed by atoms with Crippen LogP contribution in [0.15, 0.2) is 41.2 Å². The predicted octanol–water partition coefficient (Wildman–Crippen LogP) is 4.44. The smallest absolute Gasteiger partial charge is 0.407 e. The van der Waals surface area contributed by atoms with E-state index < -0.39 is 70.9 Å². The number of esters is 1. The van der Waals surface area contributed by atoms with Gasteiger partial charge in [-0.05, 0) is 91.8 Å². The third-order valence-corrected chi connectivity index (χ3v) is 16.7. The van der Waals surface area contributed by atoms with Crippen LogP contribution in [0.5, 0.6) is 0 Å². The van der Waals surface area contributed by atoms with E-state index in [4.69, 9.17) is 72.3 Å². The molecule has 6 amide bonds. The van der Waals surface area contributed by atoms with Gasteiger partial charge in [-0.3, -0.25) is 19.2 Å². The Morgan fingerprint density at radius 1 is 0.717 bits per heavy atom. The molecule has 3 aliphatic rings. The number of primary amides is 1. The number of hydrogen-bond donors (Lipinski definition) is 7. The third kappa shape index (κ3) is 24.2. The van der Waals surface area contributed by atoms with Gasteiger partial charge in [0, 0.05) is 47.8 Å². The number of hydrogen-bond acceptors (Lipinski definition) is 22. The second-order valence-corrected chi connectivity index (χ2v) is 24.1. The van der Waals surface area contributed by atoms with Crippen molar-refractivity contribution in [2.45, 2.75) is 123 Å². The molecule has 4 aromatic rings. The summed E-state index contributed by atoms with van der Waals surface area (Å²) in [4.78, 5) is 97.6. The first-order valence-electron chi connectivity index (χ1n) is 34.1. The summed E-state index contributed by atoms with van der Waals surface area (Å²) in [5.41, 5.74) is 7.46. The van der Waals surface area contributed by atoms with Crippen molar-refractivity contribution in [3.8, 4) is 11.4 Å². The van der Waals surface area contributed by atoms with Crippen LogP contribution in [-0.2, 0) is 113 Å². The van der Waals surface area contributed by atoms with E-state index >= 15 is 4.39 Å². The van der Waals surface area contributed by atoms with Gasteiger partial charge in [0.15, 0.2) is 5.60 Å². The van der Waals surface area contributed by atoms with Gasteiger partial charge in [0.25, 0.3) is 5.56 Å². The number of ether oxygens (including phenoxy) is 13. The molecule has 7 rings (SSSR count). The van der Waals surface area contributed by atoms with Crippen LogP contribution in [0.3, 0.4) is 0 Å². The number of amides is 6. The molecular weight excluding hydrogens is 1300 g/mol. The number of cyclic esters (lactones) is 1. The highest BCUT2D eigenvalue weighted by atomic mass is 19.1. The van der Waals surface area contributed by atoms with Crippen LogP contribution in [0.4, 0.5) is 19.7 Å². The molecule has 29 nitrogen and oxygen atoms in total. The summed E-state index contributed by atoms with van der Waals surface area (Å²) in [6.07, 6.45) is 1.29. The van der Waals surface area contributed by atoms with Crippen LogP contribution >= 0.6 is 0 Å². The third-order valence-electron chi connectivity index (χ3n) is 16.7. The van der Waals surface area contributed by atoms with Gasteiger partial charge in [0.05, 0.1) is 174 Å². The number of carbonyl (C=O) groups is 6. The number of benzene rings is 2.